The lowest BCUT2D eigenvalue weighted by atomic mass is 10.1. The molecule has 0 unspecified atom stereocenters. The van der Waals surface area contributed by atoms with Gasteiger partial charge >= 0.3 is 0 Å². The third-order valence-corrected chi connectivity index (χ3v) is 4.46. The van der Waals surface area contributed by atoms with Gasteiger partial charge in [0.25, 0.3) is 0 Å². The first-order valence-electron chi connectivity index (χ1n) is 6.10. The Bertz CT molecular complexity index is 689. The number of nitrogens with two attached hydrogens (primary N) is 1. The van der Waals surface area contributed by atoms with E-state index in [9.17, 15) is 4.79 Å². The third kappa shape index (κ3) is 4.27. The van der Waals surface area contributed by atoms with Crippen molar-refractivity contribution in [2.45, 2.75) is 6.42 Å². The molecule has 2 rings (SSSR count). The number of hydrogen-bond donors (Lipinski definition) is 2. The number of thiocarbonyl (C=S) groups is 1. The first kappa shape index (κ1) is 15.9. The van der Waals surface area contributed by atoms with Gasteiger partial charge in [0, 0.05) is 5.56 Å². The van der Waals surface area contributed by atoms with Crippen LogP contribution >= 0.6 is 39.7 Å². The molecule has 0 saturated heterocycles. The van der Waals surface area contributed by atoms with E-state index in [0.717, 1.165) is 11.1 Å². The summed E-state index contributed by atoms with van der Waals surface area (Å²) < 4.78 is 0.670. The number of carbonyl (C=O) groups is 1. The third-order valence-electron chi connectivity index (χ3n) is 2.83. The summed E-state index contributed by atoms with van der Waals surface area (Å²) in [7, 11) is 0. The molecule has 0 bridgehead atoms. The van der Waals surface area contributed by atoms with E-state index in [4.69, 9.17) is 29.6 Å². The van der Waals surface area contributed by atoms with Gasteiger partial charge in [-0.3, -0.25) is 4.79 Å². The van der Waals surface area contributed by atoms with Crippen LogP contribution in [0.1, 0.15) is 11.1 Å². The number of carbonyl (C=O) groups excluding carboxylic acids is 1. The molecule has 6 heteroatoms. The molecule has 21 heavy (non-hydrogen) atoms. The summed E-state index contributed by atoms with van der Waals surface area (Å²) >= 11 is 14.2. The number of nitrogens with one attached hydrogen (secondary N) is 1. The van der Waals surface area contributed by atoms with Crippen LogP contribution in [0.3, 0.4) is 0 Å². The first-order valence-corrected chi connectivity index (χ1v) is 7.68. The van der Waals surface area contributed by atoms with E-state index < -0.39 is 0 Å². The van der Waals surface area contributed by atoms with Crippen molar-refractivity contribution < 1.29 is 4.79 Å². The zero-order chi connectivity index (χ0) is 15.4. The van der Waals surface area contributed by atoms with E-state index in [-0.39, 0.29) is 12.3 Å². The zero-order valence-corrected chi connectivity index (χ0v) is 14.1. The lowest BCUT2D eigenvalue weighted by Gasteiger charge is -2.08. The van der Waals surface area contributed by atoms with Crippen LogP contribution in [0.4, 0.5) is 5.69 Å². The molecule has 3 N–H and O–H groups in total. The molecule has 0 aliphatic heterocycles. The van der Waals surface area contributed by atoms with E-state index in [1.807, 2.05) is 12.1 Å². The monoisotopic (exact) mass is 382 g/mol. The van der Waals surface area contributed by atoms with Crippen molar-refractivity contribution >= 4 is 56.3 Å². The van der Waals surface area contributed by atoms with Gasteiger partial charge in [-0.05, 0) is 33.6 Å². The largest absolute Gasteiger partial charge is 0.389 e. The Morgan fingerprint density at radius 2 is 1.90 bits per heavy atom. The number of hydrogen-bond acceptors (Lipinski definition) is 2. The number of rotatable bonds is 4. The van der Waals surface area contributed by atoms with Gasteiger partial charge in [0.2, 0.25) is 5.91 Å². The van der Waals surface area contributed by atoms with Crippen molar-refractivity contribution in [1.82, 2.24) is 0 Å². The van der Waals surface area contributed by atoms with Gasteiger partial charge in [-0.25, -0.2) is 0 Å². The number of amides is 1. The van der Waals surface area contributed by atoms with Crippen molar-refractivity contribution in [2.75, 3.05) is 5.32 Å². The molecule has 2 aromatic carbocycles. The van der Waals surface area contributed by atoms with E-state index in [1.165, 1.54) is 0 Å². The Morgan fingerprint density at radius 1 is 1.24 bits per heavy atom. The van der Waals surface area contributed by atoms with Crippen LogP contribution in [0.2, 0.25) is 5.02 Å². The van der Waals surface area contributed by atoms with Crippen LogP contribution in [0.5, 0.6) is 0 Å². The SMILES string of the molecule is NC(=S)c1ccc(CC(=O)Nc2cccc(Cl)c2Br)cc1. The Hall–Kier alpha value is -1.43. The van der Waals surface area contributed by atoms with Crippen LogP contribution in [0, 0.1) is 0 Å². The fraction of sp³-hybridized carbons (Fsp3) is 0.0667. The van der Waals surface area contributed by atoms with Crippen molar-refractivity contribution in [3.8, 4) is 0 Å². The quantitative estimate of drug-likeness (QED) is 0.787. The zero-order valence-electron chi connectivity index (χ0n) is 10.9. The lowest BCUT2D eigenvalue weighted by Crippen LogP contribution is -2.15. The van der Waals surface area contributed by atoms with Crippen molar-refractivity contribution in [2.24, 2.45) is 5.73 Å². The van der Waals surface area contributed by atoms with Gasteiger partial charge in [0.05, 0.1) is 21.6 Å². The minimum Gasteiger partial charge on any atom is -0.389 e. The lowest BCUT2D eigenvalue weighted by molar-refractivity contribution is -0.115. The molecule has 2 aromatic rings. The van der Waals surface area contributed by atoms with Crippen LogP contribution in [-0.4, -0.2) is 10.9 Å². The topological polar surface area (TPSA) is 55.1 Å². The smallest absolute Gasteiger partial charge is 0.228 e. The van der Waals surface area contributed by atoms with Gasteiger partial charge in [-0.1, -0.05) is 54.2 Å². The molecule has 0 atom stereocenters. The summed E-state index contributed by atoms with van der Waals surface area (Å²) in [5.41, 5.74) is 7.84. The van der Waals surface area contributed by atoms with Gasteiger partial charge in [-0.15, -0.1) is 0 Å². The minimum absolute atomic E-state index is 0.124. The predicted molar refractivity (Wildman–Crippen MR) is 93.8 cm³/mol. The summed E-state index contributed by atoms with van der Waals surface area (Å²) in [6.45, 7) is 0. The fourth-order valence-corrected chi connectivity index (χ4v) is 2.44. The molecule has 3 nitrogen and oxygen atoms in total. The summed E-state index contributed by atoms with van der Waals surface area (Å²) in [4.78, 5) is 12.4. The number of halogens is 2. The van der Waals surface area contributed by atoms with Crippen LogP contribution in [0.25, 0.3) is 0 Å². The molecule has 108 valence electrons. The number of benzene rings is 2. The van der Waals surface area contributed by atoms with Gasteiger partial charge in [0.15, 0.2) is 0 Å². The van der Waals surface area contributed by atoms with E-state index >= 15 is 0 Å². The molecule has 0 aliphatic rings. The maximum Gasteiger partial charge on any atom is 0.228 e. The van der Waals surface area contributed by atoms with Crippen molar-refractivity contribution in [3.05, 3.63) is 63.1 Å². The molecule has 0 spiro atoms. The molecule has 0 radical (unpaired) electrons. The number of anilines is 1. The Kier molecular flexibility index (Phi) is 5.33. The predicted octanol–water partition coefficient (Wildman–Crippen LogP) is 3.92. The Labute approximate surface area is 141 Å². The minimum atomic E-state index is -0.124. The maximum absolute atomic E-state index is 12.0. The molecule has 0 aromatic heterocycles. The van der Waals surface area contributed by atoms with Crippen LogP contribution < -0.4 is 11.1 Å². The summed E-state index contributed by atoms with van der Waals surface area (Å²) in [6.07, 6.45) is 0.260. The van der Waals surface area contributed by atoms with E-state index in [2.05, 4.69) is 21.2 Å². The van der Waals surface area contributed by atoms with Gasteiger partial charge < -0.3 is 11.1 Å². The molecule has 1 amide bonds. The molecular formula is C15H12BrClN2OS. The average molecular weight is 384 g/mol. The first-order chi connectivity index (χ1) is 9.97. The summed E-state index contributed by atoms with van der Waals surface area (Å²) in [5, 5.41) is 3.37. The summed E-state index contributed by atoms with van der Waals surface area (Å²) in [6, 6.07) is 12.6. The van der Waals surface area contributed by atoms with Gasteiger partial charge in [0.1, 0.15) is 4.99 Å². The molecule has 0 heterocycles. The second-order valence-electron chi connectivity index (χ2n) is 4.39. The maximum atomic E-state index is 12.0. The summed E-state index contributed by atoms with van der Waals surface area (Å²) in [5.74, 6) is -0.124. The molecule has 0 fully saturated rings. The highest BCUT2D eigenvalue weighted by Crippen LogP contribution is 2.30. The molecular weight excluding hydrogens is 372 g/mol. The highest BCUT2D eigenvalue weighted by atomic mass is 79.9. The normalized spacial score (nSPS) is 10.2. The second kappa shape index (κ2) is 7.02. The second-order valence-corrected chi connectivity index (χ2v) is 6.03. The molecule has 0 aliphatic carbocycles. The Morgan fingerprint density at radius 3 is 2.52 bits per heavy atom. The van der Waals surface area contributed by atoms with E-state index in [1.54, 1.807) is 30.3 Å². The average Bonchev–Trinajstić information content (AvgIpc) is 2.44. The highest BCUT2D eigenvalue weighted by Gasteiger charge is 2.09. The highest BCUT2D eigenvalue weighted by molar-refractivity contribution is 9.10. The standard InChI is InChI=1S/C15H12BrClN2OS/c16-14-11(17)2-1-3-12(14)19-13(20)8-9-4-6-10(7-5-9)15(18)21/h1-7H,8H2,(H2,18,21)(H,19,20). The van der Waals surface area contributed by atoms with Crippen molar-refractivity contribution in [1.29, 1.82) is 0 Å². The van der Waals surface area contributed by atoms with Gasteiger partial charge in [-0.2, -0.15) is 0 Å². The van der Waals surface area contributed by atoms with Crippen LogP contribution in [0.15, 0.2) is 46.9 Å². The Balaban J connectivity index is 2.04. The van der Waals surface area contributed by atoms with Crippen LogP contribution in [-0.2, 0) is 11.2 Å². The van der Waals surface area contributed by atoms with Crippen molar-refractivity contribution in [3.63, 3.8) is 0 Å². The van der Waals surface area contributed by atoms with E-state index in [0.29, 0.717) is 20.2 Å². The molecule has 0 saturated carbocycles. The fourth-order valence-electron chi connectivity index (χ4n) is 1.77.